The summed E-state index contributed by atoms with van der Waals surface area (Å²) < 4.78 is 0. The highest BCUT2D eigenvalue weighted by molar-refractivity contribution is 5.94. The van der Waals surface area contributed by atoms with Crippen LogP contribution in [0.4, 0.5) is 0 Å². The van der Waals surface area contributed by atoms with Crippen molar-refractivity contribution in [3.8, 4) is 0 Å². The molecule has 2 fully saturated rings. The van der Waals surface area contributed by atoms with Crippen molar-refractivity contribution in [2.45, 2.75) is 38.6 Å². The van der Waals surface area contributed by atoms with Crippen LogP contribution in [0, 0.1) is 5.92 Å². The van der Waals surface area contributed by atoms with Gasteiger partial charge >= 0.3 is 0 Å². The summed E-state index contributed by atoms with van der Waals surface area (Å²) in [4.78, 5) is 28.4. The second kappa shape index (κ2) is 8.48. The number of likely N-dealkylation sites (tertiary alicyclic amines) is 1. The molecule has 0 unspecified atom stereocenters. The first-order chi connectivity index (χ1) is 12.1. The number of hydrogen-bond acceptors (Lipinski definition) is 3. The maximum absolute atomic E-state index is 12.5. The lowest BCUT2D eigenvalue weighted by Gasteiger charge is -2.28. The fourth-order valence-electron chi connectivity index (χ4n) is 3.24. The van der Waals surface area contributed by atoms with E-state index in [0.29, 0.717) is 12.1 Å². The fourth-order valence-corrected chi connectivity index (χ4v) is 3.24. The molecule has 3 rings (SSSR count). The SMILES string of the molecule is CN(CCN1CCCCC1)C(=O)c1ccc(CNC(=O)C2CC2)cc1. The van der Waals surface area contributed by atoms with E-state index in [2.05, 4.69) is 10.2 Å². The molecule has 1 aromatic carbocycles. The lowest BCUT2D eigenvalue weighted by atomic mass is 10.1. The van der Waals surface area contributed by atoms with Gasteiger partial charge in [-0.3, -0.25) is 9.59 Å². The zero-order chi connectivity index (χ0) is 17.6. The van der Waals surface area contributed by atoms with Crippen molar-refractivity contribution >= 4 is 11.8 Å². The standard InChI is InChI=1S/C20H29N3O2/c1-22(13-14-23-11-3-2-4-12-23)20(25)18-7-5-16(6-8-18)15-21-19(24)17-9-10-17/h5-8,17H,2-4,9-15H2,1H3,(H,21,24). The zero-order valence-corrected chi connectivity index (χ0v) is 15.2. The van der Waals surface area contributed by atoms with Crippen molar-refractivity contribution < 1.29 is 9.59 Å². The Balaban J connectivity index is 1.44. The van der Waals surface area contributed by atoms with Crippen molar-refractivity contribution in [3.05, 3.63) is 35.4 Å². The van der Waals surface area contributed by atoms with E-state index in [4.69, 9.17) is 0 Å². The van der Waals surface area contributed by atoms with Crippen molar-refractivity contribution in [1.29, 1.82) is 0 Å². The van der Waals surface area contributed by atoms with E-state index in [1.54, 1.807) is 4.90 Å². The predicted molar refractivity (Wildman–Crippen MR) is 98.3 cm³/mol. The number of carbonyl (C=O) groups is 2. The van der Waals surface area contributed by atoms with Crippen LogP contribution < -0.4 is 5.32 Å². The van der Waals surface area contributed by atoms with Gasteiger partial charge in [-0.2, -0.15) is 0 Å². The third-order valence-corrected chi connectivity index (χ3v) is 5.16. The molecule has 1 aliphatic heterocycles. The normalized spacial score (nSPS) is 18.0. The minimum Gasteiger partial charge on any atom is -0.352 e. The zero-order valence-electron chi connectivity index (χ0n) is 15.2. The molecule has 2 amide bonds. The highest BCUT2D eigenvalue weighted by Gasteiger charge is 2.29. The van der Waals surface area contributed by atoms with Crippen LogP contribution in [0.1, 0.15) is 48.0 Å². The van der Waals surface area contributed by atoms with Gasteiger partial charge in [-0.15, -0.1) is 0 Å². The molecule has 1 aliphatic carbocycles. The third kappa shape index (κ3) is 5.30. The topological polar surface area (TPSA) is 52.6 Å². The Morgan fingerprint density at radius 2 is 1.80 bits per heavy atom. The van der Waals surface area contributed by atoms with Crippen molar-refractivity contribution in [2.75, 3.05) is 33.2 Å². The fraction of sp³-hybridized carbons (Fsp3) is 0.600. The van der Waals surface area contributed by atoms with Gasteiger partial charge < -0.3 is 15.1 Å². The number of amides is 2. The Morgan fingerprint density at radius 1 is 1.12 bits per heavy atom. The molecule has 1 aromatic rings. The summed E-state index contributed by atoms with van der Waals surface area (Å²) in [5.41, 5.74) is 1.74. The second-order valence-corrected chi connectivity index (χ2v) is 7.32. The summed E-state index contributed by atoms with van der Waals surface area (Å²) in [7, 11) is 1.87. The number of nitrogens with zero attached hydrogens (tertiary/aromatic N) is 2. The molecule has 25 heavy (non-hydrogen) atoms. The van der Waals surface area contributed by atoms with E-state index in [-0.39, 0.29) is 17.7 Å². The monoisotopic (exact) mass is 343 g/mol. The molecule has 5 nitrogen and oxygen atoms in total. The Morgan fingerprint density at radius 3 is 2.44 bits per heavy atom. The van der Waals surface area contributed by atoms with E-state index >= 15 is 0 Å². The number of hydrogen-bond donors (Lipinski definition) is 1. The van der Waals surface area contributed by atoms with Gasteiger partial charge in [-0.05, 0) is 56.5 Å². The van der Waals surface area contributed by atoms with Crippen LogP contribution in [0.25, 0.3) is 0 Å². The third-order valence-electron chi connectivity index (χ3n) is 5.16. The Kier molecular flexibility index (Phi) is 6.08. The predicted octanol–water partition coefficient (Wildman–Crippen LogP) is 2.27. The Hall–Kier alpha value is -1.88. The molecule has 0 spiro atoms. The smallest absolute Gasteiger partial charge is 0.253 e. The number of nitrogens with one attached hydrogen (secondary N) is 1. The minimum absolute atomic E-state index is 0.0607. The molecule has 2 aliphatic rings. The summed E-state index contributed by atoms with van der Waals surface area (Å²) in [6, 6.07) is 7.58. The van der Waals surface area contributed by atoms with Gasteiger partial charge in [0.15, 0.2) is 0 Å². The highest BCUT2D eigenvalue weighted by atomic mass is 16.2. The maximum Gasteiger partial charge on any atom is 0.253 e. The summed E-state index contributed by atoms with van der Waals surface area (Å²) in [6.07, 6.45) is 5.91. The van der Waals surface area contributed by atoms with Gasteiger partial charge in [-0.1, -0.05) is 18.6 Å². The van der Waals surface area contributed by atoms with Crippen molar-refractivity contribution in [1.82, 2.24) is 15.1 Å². The molecule has 0 atom stereocenters. The number of rotatable bonds is 7. The molecular formula is C20H29N3O2. The molecule has 0 aromatic heterocycles. The molecule has 0 radical (unpaired) electrons. The molecule has 1 saturated carbocycles. The summed E-state index contributed by atoms with van der Waals surface area (Å²) in [5.74, 6) is 0.442. The molecule has 1 heterocycles. The van der Waals surface area contributed by atoms with Crippen molar-refractivity contribution in [2.24, 2.45) is 5.92 Å². The minimum atomic E-state index is 0.0607. The number of likely N-dealkylation sites (N-methyl/N-ethyl adjacent to an activating group) is 1. The van der Waals surface area contributed by atoms with Gasteiger partial charge in [-0.25, -0.2) is 0 Å². The lowest BCUT2D eigenvalue weighted by molar-refractivity contribution is -0.122. The maximum atomic E-state index is 12.5. The van der Waals surface area contributed by atoms with E-state index in [1.165, 1.54) is 19.3 Å². The highest BCUT2D eigenvalue weighted by Crippen LogP contribution is 2.28. The molecule has 136 valence electrons. The molecular weight excluding hydrogens is 314 g/mol. The average Bonchev–Trinajstić information content (AvgIpc) is 3.50. The van der Waals surface area contributed by atoms with Gasteiger partial charge in [0.05, 0.1) is 0 Å². The summed E-state index contributed by atoms with van der Waals surface area (Å²) >= 11 is 0. The van der Waals surface area contributed by atoms with Crippen LogP contribution in [-0.4, -0.2) is 54.8 Å². The number of piperidine rings is 1. The van der Waals surface area contributed by atoms with Crippen LogP contribution in [0.15, 0.2) is 24.3 Å². The lowest BCUT2D eigenvalue weighted by Crippen LogP contribution is -2.38. The summed E-state index contributed by atoms with van der Waals surface area (Å²) in [6.45, 7) is 4.56. The number of benzene rings is 1. The van der Waals surface area contributed by atoms with E-state index in [9.17, 15) is 9.59 Å². The second-order valence-electron chi connectivity index (χ2n) is 7.32. The Bertz CT molecular complexity index is 589. The first-order valence-electron chi connectivity index (χ1n) is 9.48. The van der Waals surface area contributed by atoms with Gasteiger partial charge in [0, 0.05) is 38.2 Å². The van der Waals surface area contributed by atoms with Gasteiger partial charge in [0.2, 0.25) is 5.91 Å². The van der Waals surface area contributed by atoms with Gasteiger partial charge in [0.1, 0.15) is 0 Å². The quantitative estimate of drug-likeness (QED) is 0.826. The molecule has 0 bridgehead atoms. The van der Waals surface area contributed by atoms with Crippen LogP contribution in [0.5, 0.6) is 0 Å². The van der Waals surface area contributed by atoms with E-state index < -0.39 is 0 Å². The van der Waals surface area contributed by atoms with Crippen LogP contribution in [-0.2, 0) is 11.3 Å². The van der Waals surface area contributed by atoms with Crippen LogP contribution in [0.3, 0.4) is 0 Å². The average molecular weight is 343 g/mol. The van der Waals surface area contributed by atoms with Gasteiger partial charge in [0.25, 0.3) is 5.91 Å². The van der Waals surface area contributed by atoms with Crippen molar-refractivity contribution in [3.63, 3.8) is 0 Å². The van der Waals surface area contributed by atoms with Crippen LogP contribution in [0.2, 0.25) is 0 Å². The van der Waals surface area contributed by atoms with E-state index in [0.717, 1.165) is 44.6 Å². The first-order valence-corrected chi connectivity index (χ1v) is 9.48. The first kappa shape index (κ1) is 17.9. The van der Waals surface area contributed by atoms with Crippen LogP contribution >= 0.6 is 0 Å². The Labute approximate surface area is 150 Å². The summed E-state index contributed by atoms with van der Waals surface area (Å²) in [5, 5.41) is 2.95. The molecule has 1 N–H and O–H groups in total. The molecule has 5 heteroatoms. The number of carbonyl (C=O) groups excluding carboxylic acids is 2. The van der Waals surface area contributed by atoms with E-state index in [1.807, 2.05) is 31.3 Å². The largest absolute Gasteiger partial charge is 0.352 e. The molecule has 1 saturated heterocycles.